The zero-order chi connectivity index (χ0) is 31.3. The van der Waals surface area contributed by atoms with Crippen LogP contribution in [0.1, 0.15) is 29.5 Å². The van der Waals surface area contributed by atoms with Crippen molar-refractivity contribution in [2.75, 3.05) is 0 Å². The Morgan fingerprint density at radius 3 is 1.56 bits per heavy atom. The minimum Gasteiger partial charge on any atom is -0.0622 e. The molecule has 0 aromatic heterocycles. The van der Waals surface area contributed by atoms with Gasteiger partial charge in [-0.3, -0.25) is 0 Å². The standard InChI is InChI=1S/C48H30/c1-3-12-30(13-4-1)44-37-18-7-8-19-38(37)45(31-14-5-2-6-15-31)48-41-27-26-33(35-22-11-23-40(46(35)41)47(44)48)32-24-25-34-36-20-9-16-29-17-10-21-39(43(29)36)42(34)28-32/h1-23,26-28H,24-25H2. The first kappa shape index (κ1) is 26.1. The summed E-state index contributed by atoms with van der Waals surface area (Å²) < 4.78 is 0. The Morgan fingerprint density at radius 1 is 0.333 bits per heavy atom. The lowest BCUT2D eigenvalue weighted by molar-refractivity contribution is 1.08. The predicted molar refractivity (Wildman–Crippen MR) is 205 cm³/mol. The summed E-state index contributed by atoms with van der Waals surface area (Å²) in [5.74, 6) is 0. The number of fused-ring (bicyclic) bond motifs is 6. The van der Waals surface area contributed by atoms with Crippen LogP contribution in [0.15, 0.2) is 158 Å². The molecule has 8 aromatic carbocycles. The largest absolute Gasteiger partial charge is 0.0622 e. The molecule has 0 spiro atoms. The summed E-state index contributed by atoms with van der Waals surface area (Å²) in [6, 6.07) is 56.5. The maximum Gasteiger partial charge on any atom is -0.000741 e. The molecule has 0 radical (unpaired) electrons. The van der Waals surface area contributed by atoms with Crippen molar-refractivity contribution in [1.29, 1.82) is 0 Å². The van der Waals surface area contributed by atoms with Gasteiger partial charge in [-0.2, -0.15) is 0 Å². The molecule has 0 aliphatic heterocycles. The van der Waals surface area contributed by atoms with E-state index in [-0.39, 0.29) is 0 Å². The summed E-state index contributed by atoms with van der Waals surface area (Å²) in [4.78, 5) is 0. The Kier molecular flexibility index (Phi) is 5.32. The smallest absolute Gasteiger partial charge is 0.000741 e. The molecule has 0 saturated carbocycles. The van der Waals surface area contributed by atoms with Crippen LogP contribution in [0, 0.1) is 0 Å². The third-order valence-electron chi connectivity index (χ3n) is 11.1. The van der Waals surface area contributed by atoms with E-state index in [0.717, 1.165) is 12.8 Å². The van der Waals surface area contributed by atoms with Crippen LogP contribution in [0.4, 0.5) is 0 Å². The molecule has 8 aromatic rings. The fourth-order valence-corrected chi connectivity index (χ4v) is 9.17. The summed E-state index contributed by atoms with van der Waals surface area (Å²) in [6.07, 6.45) is 4.63. The lowest BCUT2D eigenvalue weighted by Crippen LogP contribution is -1.96. The summed E-state index contributed by atoms with van der Waals surface area (Å²) in [6.45, 7) is 0. The Balaban J connectivity index is 1.20. The summed E-state index contributed by atoms with van der Waals surface area (Å²) in [5.41, 5.74) is 19.1. The van der Waals surface area contributed by atoms with Gasteiger partial charge in [-0.05, 0) is 123 Å². The molecular weight excluding hydrogens is 577 g/mol. The van der Waals surface area contributed by atoms with E-state index in [9.17, 15) is 0 Å². The van der Waals surface area contributed by atoms with Gasteiger partial charge in [0.25, 0.3) is 0 Å². The summed E-state index contributed by atoms with van der Waals surface area (Å²) in [7, 11) is 0. The zero-order valence-corrected chi connectivity index (χ0v) is 26.4. The molecule has 0 bridgehead atoms. The van der Waals surface area contributed by atoms with Crippen LogP contribution >= 0.6 is 0 Å². The molecule has 0 N–H and O–H groups in total. The predicted octanol–water partition coefficient (Wildman–Crippen LogP) is 13.2. The normalized spacial score (nSPS) is 14.1. The SMILES string of the molecule is C1=C(c2ccc3c4c(cccc24)-c2c-3c(-c3ccccc3)c3ccccc3c2-c2ccccc2)CCC2=C1c1cccc3cccc2c13. The number of hydrogen-bond acceptors (Lipinski definition) is 0. The first-order chi connectivity index (χ1) is 23.8. The van der Waals surface area contributed by atoms with Gasteiger partial charge in [0.05, 0.1) is 0 Å². The average Bonchev–Trinajstić information content (AvgIpc) is 3.66. The van der Waals surface area contributed by atoms with E-state index < -0.39 is 0 Å². The van der Waals surface area contributed by atoms with E-state index in [4.69, 9.17) is 0 Å². The van der Waals surface area contributed by atoms with Crippen LogP contribution in [-0.2, 0) is 0 Å². The quantitative estimate of drug-likeness (QED) is 0.188. The molecule has 48 heavy (non-hydrogen) atoms. The highest BCUT2D eigenvalue weighted by molar-refractivity contribution is 6.28. The van der Waals surface area contributed by atoms with Crippen molar-refractivity contribution < 1.29 is 0 Å². The molecule has 0 heteroatoms. The van der Waals surface area contributed by atoms with Crippen LogP contribution in [-0.4, -0.2) is 0 Å². The zero-order valence-electron chi connectivity index (χ0n) is 26.4. The highest BCUT2D eigenvalue weighted by Crippen LogP contribution is 2.59. The van der Waals surface area contributed by atoms with Crippen molar-refractivity contribution in [3.8, 4) is 44.5 Å². The van der Waals surface area contributed by atoms with Crippen molar-refractivity contribution in [3.63, 3.8) is 0 Å². The van der Waals surface area contributed by atoms with E-state index in [0.29, 0.717) is 0 Å². The van der Waals surface area contributed by atoms with Gasteiger partial charge in [-0.15, -0.1) is 0 Å². The van der Waals surface area contributed by atoms with E-state index >= 15 is 0 Å². The number of benzene rings is 8. The Bertz CT molecular complexity index is 2640. The third-order valence-corrected chi connectivity index (χ3v) is 11.1. The molecule has 0 fully saturated rings. The van der Waals surface area contributed by atoms with E-state index in [1.165, 1.54) is 110 Å². The molecular formula is C48H30. The fourth-order valence-electron chi connectivity index (χ4n) is 9.17. The average molecular weight is 607 g/mol. The molecule has 0 atom stereocenters. The molecule has 0 heterocycles. The monoisotopic (exact) mass is 606 g/mol. The maximum absolute atomic E-state index is 2.51. The fraction of sp³-hybridized carbons (Fsp3) is 0.0417. The van der Waals surface area contributed by atoms with Crippen molar-refractivity contribution in [2.45, 2.75) is 12.8 Å². The highest BCUT2D eigenvalue weighted by atomic mass is 14.3. The van der Waals surface area contributed by atoms with Crippen molar-refractivity contribution in [2.24, 2.45) is 0 Å². The molecule has 0 unspecified atom stereocenters. The van der Waals surface area contributed by atoms with Gasteiger partial charge in [0, 0.05) is 0 Å². The van der Waals surface area contributed by atoms with Crippen LogP contribution in [0.5, 0.6) is 0 Å². The van der Waals surface area contributed by atoms with Crippen molar-refractivity contribution >= 4 is 49.0 Å². The van der Waals surface area contributed by atoms with E-state index in [1.54, 1.807) is 0 Å². The Labute approximate surface area is 279 Å². The Hall–Kier alpha value is -5.98. The maximum atomic E-state index is 2.51. The van der Waals surface area contributed by atoms with Gasteiger partial charge in [0.1, 0.15) is 0 Å². The first-order valence-corrected chi connectivity index (χ1v) is 17.1. The van der Waals surface area contributed by atoms with Gasteiger partial charge in [0.15, 0.2) is 0 Å². The van der Waals surface area contributed by atoms with Gasteiger partial charge in [-0.1, -0.05) is 158 Å². The van der Waals surface area contributed by atoms with Crippen molar-refractivity contribution in [1.82, 2.24) is 0 Å². The van der Waals surface area contributed by atoms with E-state index in [1.807, 2.05) is 0 Å². The summed E-state index contributed by atoms with van der Waals surface area (Å²) in [5, 5.41) is 8.10. The molecule has 3 aliphatic carbocycles. The molecule has 0 nitrogen and oxygen atoms in total. The lowest BCUT2D eigenvalue weighted by Gasteiger charge is -2.20. The third kappa shape index (κ3) is 3.44. The van der Waals surface area contributed by atoms with Gasteiger partial charge < -0.3 is 0 Å². The highest BCUT2D eigenvalue weighted by Gasteiger charge is 2.32. The Morgan fingerprint density at radius 2 is 0.875 bits per heavy atom. The summed E-state index contributed by atoms with van der Waals surface area (Å²) >= 11 is 0. The minimum absolute atomic E-state index is 1.04. The number of hydrogen-bond donors (Lipinski definition) is 0. The second kappa shape index (κ2) is 9.77. The molecule has 3 aliphatic rings. The minimum atomic E-state index is 1.04. The van der Waals surface area contributed by atoms with E-state index in [2.05, 4.69) is 158 Å². The number of allylic oxidation sites excluding steroid dienone is 4. The molecule has 0 amide bonds. The molecule has 0 saturated heterocycles. The molecule has 11 rings (SSSR count). The lowest BCUT2D eigenvalue weighted by atomic mass is 9.82. The van der Waals surface area contributed by atoms with Gasteiger partial charge >= 0.3 is 0 Å². The van der Waals surface area contributed by atoms with Crippen molar-refractivity contribution in [3.05, 3.63) is 174 Å². The first-order valence-electron chi connectivity index (χ1n) is 17.1. The molecule has 222 valence electrons. The number of rotatable bonds is 3. The van der Waals surface area contributed by atoms with Gasteiger partial charge in [-0.25, -0.2) is 0 Å². The van der Waals surface area contributed by atoms with Gasteiger partial charge in [0.2, 0.25) is 0 Å². The second-order valence-electron chi connectivity index (χ2n) is 13.4. The topological polar surface area (TPSA) is 0 Å². The van der Waals surface area contributed by atoms with Crippen LogP contribution < -0.4 is 0 Å². The van der Waals surface area contributed by atoms with Crippen LogP contribution in [0.2, 0.25) is 0 Å². The van der Waals surface area contributed by atoms with Crippen LogP contribution in [0.25, 0.3) is 93.5 Å². The van der Waals surface area contributed by atoms with Crippen LogP contribution in [0.3, 0.4) is 0 Å². The second-order valence-corrected chi connectivity index (χ2v) is 13.4.